The first-order chi connectivity index (χ1) is 6.31. The molecule has 0 unspecified atom stereocenters. The number of allylic oxidation sites excluding steroid dienone is 1. The molecule has 0 aromatic carbocycles. The summed E-state index contributed by atoms with van der Waals surface area (Å²) in [6.45, 7) is 0. The van der Waals surface area contributed by atoms with E-state index in [4.69, 9.17) is 16.9 Å². The van der Waals surface area contributed by atoms with E-state index in [0.717, 1.165) is 4.88 Å². The number of nitriles is 1. The molecule has 0 saturated heterocycles. The monoisotopic (exact) mass is 209 g/mol. The van der Waals surface area contributed by atoms with Crippen molar-refractivity contribution in [2.75, 3.05) is 0 Å². The van der Waals surface area contributed by atoms with Gasteiger partial charge in [0.15, 0.2) is 0 Å². The average molecular weight is 210 g/mol. The highest BCUT2D eigenvalue weighted by Gasteiger charge is 2.15. The van der Waals surface area contributed by atoms with Crippen LogP contribution >= 0.6 is 22.9 Å². The zero-order chi connectivity index (χ0) is 9.26. The maximum absolute atomic E-state index is 8.44. The van der Waals surface area contributed by atoms with E-state index in [9.17, 15) is 0 Å². The molecule has 0 amide bonds. The van der Waals surface area contributed by atoms with Crippen molar-refractivity contribution in [3.8, 4) is 6.07 Å². The molecule has 1 heterocycles. The number of nitrogens with zero attached hydrogens (tertiary/aromatic N) is 1. The Labute approximate surface area is 86.3 Å². The summed E-state index contributed by atoms with van der Waals surface area (Å²) in [4.78, 5) is 2.48. The van der Waals surface area contributed by atoms with Crippen molar-refractivity contribution in [3.05, 3.63) is 27.5 Å². The molecule has 66 valence electrons. The summed E-state index contributed by atoms with van der Waals surface area (Å²) in [5.74, 6) is 0. The number of fused-ring (bicyclic) bond motifs is 1. The van der Waals surface area contributed by atoms with Crippen LogP contribution < -0.4 is 0 Å². The Hall–Kier alpha value is -0.780. The van der Waals surface area contributed by atoms with E-state index >= 15 is 0 Å². The van der Waals surface area contributed by atoms with Crippen molar-refractivity contribution in [2.24, 2.45) is 0 Å². The molecule has 1 aliphatic rings. The second-order valence-electron chi connectivity index (χ2n) is 3.03. The van der Waals surface area contributed by atoms with E-state index in [1.54, 1.807) is 11.3 Å². The second-order valence-corrected chi connectivity index (χ2v) is 4.58. The van der Waals surface area contributed by atoms with Crippen molar-refractivity contribution in [1.29, 1.82) is 5.26 Å². The van der Waals surface area contributed by atoms with Gasteiger partial charge in [0.1, 0.15) is 0 Å². The van der Waals surface area contributed by atoms with Crippen molar-refractivity contribution >= 4 is 28.0 Å². The zero-order valence-electron chi connectivity index (χ0n) is 7.01. The number of thiophene rings is 1. The van der Waals surface area contributed by atoms with E-state index in [1.807, 2.05) is 6.07 Å². The minimum Gasteiger partial charge on any atom is -0.193 e. The molecule has 0 saturated carbocycles. The quantitative estimate of drug-likeness (QED) is 0.651. The number of rotatable bonds is 1. The minimum atomic E-state index is 0.571. The fourth-order valence-electron chi connectivity index (χ4n) is 1.57. The van der Waals surface area contributed by atoms with Crippen LogP contribution in [0, 0.1) is 11.3 Å². The van der Waals surface area contributed by atoms with Gasteiger partial charge in [-0.05, 0) is 30.9 Å². The lowest BCUT2D eigenvalue weighted by Gasteiger charge is -1.90. The van der Waals surface area contributed by atoms with Crippen molar-refractivity contribution < 1.29 is 0 Å². The van der Waals surface area contributed by atoms with E-state index in [1.165, 1.54) is 35.8 Å². The van der Waals surface area contributed by atoms with Gasteiger partial charge in [0.25, 0.3) is 0 Å². The lowest BCUT2D eigenvalue weighted by Crippen LogP contribution is -1.72. The molecule has 0 radical (unpaired) electrons. The summed E-state index contributed by atoms with van der Waals surface area (Å²) in [6.07, 6.45) is 5.00. The normalized spacial score (nSPS) is 15.5. The highest BCUT2D eigenvalue weighted by Crippen LogP contribution is 2.35. The first-order valence-electron chi connectivity index (χ1n) is 4.18. The van der Waals surface area contributed by atoms with E-state index in [2.05, 4.69) is 6.07 Å². The van der Waals surface area contributed by atoms with Gasteiger partial charge in [0.05, 0.1) is 11.1 Å². The third kappa shape index (κ3) is 1.63. The van der Waals surface area contributed by atoms with Crippen LogP contribution in [0.3, 0.4) is 0 Å². The first kappa shape index (κ1) is 8.80. The van der Waals surface area contributed by atoms with Gasteiger partial charge in [0, 0.05) is 15.8 Å². The van der Waals surface area contributed by atoms with Crippen molar-refractivity contribution in [2.45, 2.75) is 19.3 Å². The van der Waals surface area contributed by atoms with Gasteiger partial charge < -0.3 is 0 Å². The van der Waals surface area contributed by atoms with E-state index in [-0.39, 0.29) is 0 Å². The molecule has 1 aliphatic carbocycles. The third-order valence-corrected chi connectivity index (χ3v) is 3.87. The van der Waals surface area contributed by atoms with Crippen LogP contribution in [-0.4, -0.2) is 0 Å². The molecule has 3 heteroatoms. The number of halogens is 1. The average Bonchev–Trinajstić information content (AvgIpc) is 2.61. The highest BCUT2D eigenvalue weighted by atomic mass is 35.5. The van der Waals surface area contributed by atoms with Gasteiger partial charge in [0.2, 0.25) is 0 Å². The van der Waals surface area contributed by atoms with Crippen molar-refractivity contribution in [3.63, 3.8) is 0 Å². The van der Waals surface area contributed by atoms with Crippen LogP contribution in [0.4, 0.5) is 0 Å². The van der Waals surface area contributed by atoms with Gasteiger partial charge in [-0.15, -0.1) is 11.3 Å². The Morgan fingerprint density at radius 1 is 1.62 bits per heavy atom. The molecule has 1 nitrogen and oxygen atoms in total. The highest BCUT2D eigenvalue weighted by molar-refractivity contribution is 7.14. The van der Waals surface area contributed by atoms with Crippen LogP contribution in [0.2, 0.25) is 0 Å². The van der Waals surface area contributed by atoms with Crippen LogP contribution in [0.15, 0.2) is 12.1 Å². The topological polar surface area (TPSA) is 23.8 Å². The standard InChI is InChI=1S/C10H8ClNS/c11-8(4-5-12)10-6-7-2-1-3-9(7)13-10/h4,6H,1-3H2/b8-4-. The van der Waals surface area contributed by atoms with Crippen LogP contribution in [0.25, 0.3) is 5.03 Å². The third-order valence-electron chi connectivity index (χ3n) is 2.17. The van der Waals surface area contributed by atoms with Crippen LogP contribution in [0.1, 0.15) is 21.7 Å². The summed E-state index contributed by atoms with van der Waals surface area (Å²) in [5, 5.41) is 9.01. The Morgan fingerprint density at radius 2 is 2.46 bits per heavy atom. The molecule has 2 rings (SSSR count). The van der Waals surface area contributed by atoms with Crippen molar-refractivity contribution in [1.82, 2.24) is 0 Å². The molecule has 0 bridgehead atoms. The molecule has 0 aliphatic heterocycles. The maximum atomic E-state index is 8.44. The second kappa shape index (κ2) is 3.53. The molecule has 0 fully saturated rings. The zero-order valence-corrected chi connectivity index (χ0v) is 8.58. The van der Waals surface area contributed by atoms with Gasteiger partial charge in [-0.1, -0.05) is 11.6 Å². The van der Waals surface area contributed by atoms with E-state index < -0.39 is 0 Å². The Kier molecular flexibility index (Phi) is 2.39. The molecule has 13 heavy (non-hydrogen) atoms. The predicted octanol–water partition coefficient (Wildman–Crippen LogP) is 3.34. The molecular weight excluding hydrogens is 202 g/mol. The Morgan fingerprint density at radius 3 is 3.15 bits per heavy atom. The molecule has 0 atom stereocenters. The molecule has 1 aromatic heterocycles. The largest absolute Gasteiger partial charge is 0.193 e. The Balaban J connectivity index is 2.34. The van der Waals surface area contributed by atoms with E-state index in [0.29, 0.717) is 5.03 Å². The number of aryl methyl sites for hydroxylation is 2. The summed E-state index contributed by atoms with van der Waals surface area (Å²) in [6, 6.07) is 4.06. The van der Waals surface area contributed by atoms with Crippen LogP contribution in [-0.2, 0) is 12.8 Å². The van der Waals surface area contributed by atoms with Gasteiger partial charge >= 0.3 is 0 Å². The fraction of sp³-hybridized carbons (Fsp3) is 0.300. The van der Waals surface area contributed by atoms with Gasteiger partial charge in [-0.25, -0.2) is 0 Å². The Bertz CT molecular complexity index is 376. The summed E-state index contributed by atoms with van der Waals surface area (Å²) < 4.78 is 0. The number of hydrogen-bond acceptors (Lipinski definition) is 2. The van der Waals surface area contributed by atoms with Gasteiger partial charge in [-0.3, -0.25) is 0 Å². The maximum Gasteiger partial charge on any atom is 0.0928 e. The SMILES string of the molecule is N#C/C=C(\Cl)c1cc2c(s1)CCC2. The molecule has 0 N–H and O–H groups in total. The smallest absolute Gasteiger partial charge is 0.0928 e. The lowest BCUT2D eigenvalue weighted by molar-refractivity contribution is 0.914. The molecular formula is C10H8ClNS. The lowest BCUT2D eigenvalue weighted by atomic mass is 10.2. The summed E-state index contributed by atoms with van der Waals surface area (Å²) >= 11 is 7.64. The summed E-state index contributed by atoms with van der Waals surface area (Å²) in [5.41, 5.74) is 1.42. The molecule has 0 spiro atoms. The first-order valence-corrected chi connectivity index (χ1v) is 5.38. The van der Waals surface area contributed by atoms with Gasteiger partial charge in [-0.2, -0.15) is 5.26 Å². The summed E-state index contributed by atoms with van der Waals surface area (Å²) in [7, 11) is 0. The predicted molar refractivity (Wildman–Crippen MR) is 55.8 cm³/mol. The fourth-order valence-corrected chi connectivity index (χ4v) is 2.96. The minimum absolute atomic E-state index is 0.571. The van der Waals surface area contributed by atoms with Crippen LogP contribution in [0.5, 0.6) is 0 Å². The number of hydrogen-bond donors (Lipinski definition) is 0. The molecule has 1 aromatic rings.